The first-order valence-corrected chi connectivity index (χ1v) is 17.5. The van der Waals surface area contributed by atoms with Gasteiger partial charge in [-0.05, 0) is 134 Å². The normalized spacial score (nSPS) is 22.8. The molecule has 48 heavy (non-hydrogen) atoms. The lowest BCUT2D eigenvalue weighted by Gasteiger charge is -2.32. The maximum Gasteiger partial charge on any atom is 0.494 e. The number of hydrogen-bond acceptors (Lipinski definition) is 4. The molecule has 4 nitrogen and oxygen atoms in total. The number of hydrogen-bond donors (Lipinski definition) is 0. The van der Waals surface area contributed by atoms with E-state index in [1.807, 2.05) is 0 Å². The van der Waals surface area contributed by atoms with Crippen LogP contribution < -0.4 is 10.9 Å². The molecule has 4 aromatic carbocycles. The Morgan fingerprint density at radius 1 is 0.354 bits per heavy atom. The lowest BCUT2D eigenvalue weighted by atomic mass is 9.74. The Balaban J connectivity index is 1.11. The Hall–Kier alpha value is -3.15. The molecule has 2 aliphatic heterocycles. The number of fused-ring (bicyclic) bond motifs is 6. The van der Waals surface area contributed by atoms with E-state index in [9.17, 15) is 0 Å². The molecule has 0 N–H and O–H groups in total. The fourth-order valence-corrected chi connectivity index (χ4v) is 8.12. The van der Waals surface area contributed by atoms with Crippen LogP contribution >= 0.6 is 0 Å². The van der Waals surface area contributed by atoms with Crippen LogP contribution in [0.25, 0.3) is 33.4 Å². The summed E-state index contributed by atoms with van der Waals surface area (Å²) >= 11 is 0. The first-order valence-electron chi connectivity index (χ1n) is 17.5. The van der Waals surface area contributed by atoms with Crippen molar-refractivity contribution in [2.45, 2.75) is 116 Å². The van der Waals surface area contributed by atoms with E-state index >= 15 is 0 Å². The second-order valence-electron chi connectivity index (χ2n) is 17.6. The van der Waals surface area contributed by atoms with Gasteiger partial charge in [0.25, 0.3) is 0 Å². The van der Waals surface area contributed by atoms with Crippen LogP contribution in [0.3, 0.4) is 0 Å². The molecular formula is C42H48B2O4. The zero-order valence-electron chi connectivity index (χ0n) is 30.7. The van der Waals surface area contributed by atoms with Crippen LogP contribution in [0.4, 0.5) is 0 Å². The van der Waals surface area contributed by atoms with Gasteiger partial charge in [0.1, 0.15) is 0 Å². The van der Waals surface area contributed by atoms with Crippen molar-refractivity contribution >= 4 is 25.2 Å². The molecule has 2 aliphatic carbocycles. The van der Waals surface area contributed by atoms with Gasteiger partial charge in [-0.25, -0.2) is 0 Å². The summed E-state index contributed by atoms with van der Waals surface area (Å²) in [5.74, 6) is 0. The minimum absolute atomic E-state index is 0.156. The summed E-state index contributed by atoms with van der Waals surface area (Å²) in [5.41, 5.74) is 13.4. The van der Waals surface area contributed by atoms with Gasteiger partial charge in [-0.1, -0.05) is 88.4 Å². The van der Waals surface area contributed by atoms with Crippen molar-refractivity contribution in [2.75, 3.05) is 0 Å². The Kier molecular flexibility index (Phi) is 6.52. The van der Waals surface area contributed by atoms with Gasteiger partial charge in [0.15, 0.2) is 0 Å². The van der Waals surface area contributed by atoms with Gasteiger partial charge in [0.05, 0.1) is 22.4 Å². The highest BCUT2D eigenvalue weighted by Gasteiger charge is 2.53. The van der Waals surface area contributed by atoms with E-state index in [2.05, 4.69) is 156 Å². The average Bonchev–Trinajstić information content (AvgIpc) is 3.57. The molecule has 0 atom stereocenters. The second-order valence-corrected chi connectivity index (χ2v) is 17.6. The third-order valence-electron chi connectivity index (χ3n) is 12.8. The van der Waals surface area contributed by atoms with Gasteiger partial charge in [0, 0.05) is 10.8 Å². The maximum absolute atomic E-state index is 6.42. The summed E-state index contributed by atoms with van der Waals surface area (Å²) in [4.78, 5) is 0. The van der Waals surface area contributed by atoms with Gasteiger partial charge in [-0.15, -0.1) is 0 Å². The summed E-state index contributed by atoms with van der Waals surface area (Å²) in [6.07, 6.45) is 0. The Morgan fingerprint density at radius 2 is 0.625 bits per heavy atom. The quantitative estimate of drug-likeness (QED) is 0.211. The molecule has 246 valence electrons. The Morgan fingerprint density at radius 3 is 0.938 bits per heavy atom. The SMILES string of the molecule is CC1(C)c2cc(B3OC(C)(C)C(C)(C)O3)ccc2-c2ccc(-c3ccc4c(c3)C(C)(C)c3cc(B5OC(C)(C)C(C)(C)O5)ccc3-4)cc21. The Bertz CT molecular complexity index is 1840. The van der Waals surface area contributed by atoms with E-state index in [4.69, 9.17) is 18.6 Å². The molecule has 2 saturated heterocycles. The molecule has 8 rings (SSSR count). The lowest BCUT2D eigenvalue weighted by Crippen LogP contribution is -2.41. The van der Waals surface area contributed by atoms with E-state index in [1.165, 1.54) is 55.6 Å². The van der Waals surface area contributed by atoms with Crippen molar-refractivity contribution in [3.8, 4) is 33.4 Å². The molecule has 4 aliphatic rings. The van der Waals surface area contributed by atoms with Crippen molar-refractivity contribution in [1.82, 2.24) is 0 Å². The topological polar surface area (TPSA) is 36.9 Å². The van der Waals surface area contributed by atoms with E-state index in [0.29, 0.717) is 0 Å². The highest BCUT2D eigenvalue weighted by Crippen LogP contribution is 2.52. The minimum atomic E-state index is -0.373. The molecule has 6 heteroatoms. The summed E-state index contributed by atoms with van der Waals surface area (Å²) in [7, 11) is -0.746. The lowest BCUT2D eigenvalue weighted by molar-refractivity contribution is 0.00578. The van der Waals surface area contributed by atoms with Crippen molar-refractivity contribution in [3.63, 3.8) is 0 Å². The van der Waals surface area contributed by atoms with Crippen molar-refractivity contribution < 1.29 is 18.6 Å². The van der Waals surface area contributed by atoms with Crippen molar-refractivity contribution in [2.24, 2.45) is 0 Å². The second kappa shape index (κ2) is 9.75. The van der Waals surface area contributed by atoms with E-state index in [-0.39, 0.29) is 47.5 Å². The van der Waals surface area contributed by atoms with Gasteiger partial charge >= 0.3 is 14.2 Å². The van der Waals surface area contributed by atoms with E-state index in [1.54, 1.807) is 0 Å². The maximum atomic E-state index is 6.42. The molecule has 0 spiro atoms. The van der Waals surface area contributed by atoms with Crippen LogP contribution in [-0.2, 0) is 29.4 Å². The van der Waals surface area contributed by atoms with Crippen LogP contribution in [-0.4, -0.2) is 36.6 Å². The Labute approximate surface area is 287 Å². The zero-order valence-corrected chi connectivity index (χ0v) is 30.7. The fraction of sp³-hybridized carbons (Fsp3) is 0.429. The fourth-order valence-electron chi connectivity index (χ4n) is 8.12. The number of rotatable bonds is 3. The number of benzene rings is 4. The van der Waals surface area contributed by atoms with Crippen LogP contribution in [0.2, 0.25) is 0 Å². The predicted octanol–water partition coefficient (Wildman–Crippen LogP) is 8.56. The molecule has 2 fully saturated rings. The standard InChI is InChI=1S/C42H48B2O4/c1-37(2)33-21-25(13-17-29(33)31-19-15-27(23-35(31)37)43-45-39(5,6)40(7,8)46-43)26-14-18-30-32-20-16-28(24-36(32)38(3,4)34(30)22-26)44-47-41(9,10)42(11,12)48-44/h13-24H,1-12H3. The largest absolute Gasteiger partial charge is 0.494 e. The highest BCUT2D eigenvalue weighted by atomic mass is 16.7. The van der Waals surface area contributed by atoms with Gasteiger partial charge < -0.3 is 18.6 Å². The van der Waals surface area contributed by atoms with Crippen LogP contribution in [0.15, 0.2) is 72.8 Å². The summed E-state index contributed by atoms with van der Waals surface area (Å²) in [6.45, 7) is 26.3. The first kappa shape index (κ1) is 32.1. The minimum Gasteiger partial charge on any atom is -0.399 e. The smallest absolute Gasteiger partial charge is 0.399 e. The molecule has 0 amide bonds. The average molecular weight is 638 g/mol. The molecule has 2 heterocycles. The van der Waals surface area contributed by atoms with Crippen molar-refractivity contribution in [1.29, 1.82) is 0 Å². The van der Waals surface area contributed by atoms with Gasteiger partial charge in [-0.3, -0.25) is 0 Å². The highest BCUT2D eigenvalue weighted by molar-refractivity contribution is 6.62. The van der Waals surface area contributed by atoms with Crippen molar-refractivity contribution in [3.05, 3.63) is 95.1 Å². The molecule has 0 radical (unpaired) electrons. The van der Waals surface area contributed by atoms with Crippen LogP contribution in [0, 0.1) is 0 Å². The molecule has 0 unspecified atom stereocenters. The summed E-state index contributed by atoms with van der Waals surface area (Å²) in [6, 6.07) is 27.5. The molecule has 0 bridgehead atoms. The molecule has 0 aromatic heterocycles. The van der Waals surface area contributed by atoms with Gasteiger partial charge in [0.2, 0.25) is 0 Å². The third-order valence-corrected chi connectivity index (χ3v) is 12.8. The van der Waals surface area contributed by atoms with Gasteiger partial charge in [-0.2, -0.15) is 0 Å². The summed E-state index contributed by atoms with van der Waals surface area (Å²) in [5, 5.41) is 0. The van der Waals surface area contributed by atoms with Crippen LogP contribution in [0.5, 0.6) is 0 Å². The third kappa shape index (κ3) is 4.38. The predicted molar refractivity (Wildman–Crippen MR) is 198 cm³/mol. The van der Waals surface area contributed by atoms with Crippen LogP contribution in [0.1, 0.15) is 105 Å². The zero-order chi connectivity index (χ0) is 34.4. The van der Waals surface area contributed by atoms with E-state index in [0.717, 1.165) is 10.9 Å². The van der Waals surface area contributed by atoms with E-state index < -0.39 is 0 Å². The molecule has 4 aromatic rings. The first-order chi connectivity index (χ1) is 22.2. The molecule has 0 saturated carbocycles. The monoisotopic (exact) mass is 638 g/mol. The summed E-state index contributed by atoms with van der Waals surface area (Å²) < 4.78 is 25.7. The molecular weight excluding hydrogens is 590 g/mol.